The van der Waals surface area contributed by atoms with Crippen LogP contribution in [0.25, 0.3) is 0 Å². The summed E-state index contributed by atoms with van der Waals surface area (Å²) in [5.74, 6) is 0.433. The number of benzene rings is 1. The summed E-state index contributed by atoms with van der Waals surface area (Å²) in [6, 6.07) is 4.06. The molecular weight excluding hydrogens is 172 g/mol. The van der Waals surface area contributed by atoms with Gasteiger partial charge >= 0.3 is 0 Å². The second kappa shape index (κ2) is 3.64. The van der Waals surface area contributed by atoms with Crippen LogP contribution in [0.3, 0.4) is 0 Å². The van der Waals surface area contributed by atoms with Crippen molar-refractivity contribution >= 4 is 0 Å². The Kier molecular flexibility index (Phi) is 2.89. The van der Waals surface area contributed by atoms with Crippen molar-refractivity contribution in [1.82, 2.24) is 0 Å². The minimum Gasteiger partial charge on any atom is -0.507 e. The normalized spacial score (nSPS) is 11.8. The van der Waals surface area contributed by atoms with Crippen molar-refractivity contribution < 1.29 is 5.11 Å². The molecular formula is C13H19O. The van der Waals surface area contributed by atoms with Crippen LogP contribution in [-0.4, -0.2) is 5.11 Å². The van der Waals surface area contributed by atoms with Crippen molar-refractivity contribution in [2.45, 2.75) is 40.0 Å². The summed E-state index contributed by atoms with van der Waals surface area (Å²) in [4.78, 5) is 0. The Morgan fingerprint density at radius 3 is 2.21 bits per heavy atom. The summed E-state index contributed by atoms with van der Waals surface area (Å²) in [7, 11) is 0. The average Bonchev–Trinajstić information content (AvgIpc) is 2.07. The van der Waals surface area contributed by atoms with Gasteiger partial charge in [-0.3, -0.25) is 0 Å². The zero-order valence-corrected chi connectivity index (χ0v) is 9.68. The Balaban J connectivity index is 3.35. The van der Waals surface area contributed by atoms with Gasteiger partial charge in [0, 0.05) is 0 Å². The number of phenols is 1. The molecule has 0 fully saturated rings. The van der Waals surface area contributed by atoms with Gasteiger partial charge in [-0.05, 0) is 35.4 Å². The van der Waals surface area contributed by atoms with Gasteiger partial charge in [-0.1, -0.05) is 39.8 Å². The molecule has 0 aromatic heterocycles. The van der Waals surface area contributed by atoms with E-state index in [4.69, 9.17) is 0 Å². The quantitative estimate of drug-likeness (QED) is 0.719. The Morgan fingerprint density at radius 1 is 1.21 bits per heavy atom. The minimum atomic E-state index is -0.00609. The van der Waals surface area contributed by atoms with Crippen LogP contribution in [-0.2, 0) is 5.41 Å². The molecule has 0 saturated carbocycles. The molecule has 1 N–H and O–H groups in total. The maximum absolute atomic E-state index is 9.94. The molecule has 1 rings (SSSR count). The second-order valence-electron chi connectivity index (χ2n) is 4.77. The number of phenolic OH excluding ortho intramolecular Hbond substituents is 1. The molecule has 0 aliphatic carbocycles. The Labute approximate surface area is 86.8 Å². The highest BCUT2D eigenvalue weighted by molar-refractivity contribution is 5.47. The molecule has 1 aromatic carbocycles. The van der Waals surface area contributed by atoms with Crippen LogP contribution in [0.15, 0.2) is 12.1 Å². The predicted molar refractivity (Wildman–Crippen MR) is 60.6 cm³/mol. The number of aromatic hydroxyl groups is 1. The highest BCUT2D eigenvalue weighted by Gasteiger charge is 2.19. The highest BCUT2D eigenvalue weighted by atomic mass is 16.3. The fourth-order valence-electron chi connectivity index (χ4n) is 1.55. The van der Waals surface area contributed by atoms with E-state index in [1.165, 1.54) is 5.56 Å². The van der Waals surface area contributed by atoms with Gasteiger partial charge in [0.25, 0.3) is 0 Å². The molecule has 0 aliphatic heterocycles. The molecule has 77 valence electrons. The zero-order valence-electron chi connectivity index (χ0n) is 9.68. The second-order valence-corrected chi connectivity index (χ2v) is 4.77. The van der Waals surface area contributed by atoms with Gasteiger partial charge < -0.3 is 5.11 Å². The molecule has 0 heterocycles. The summed E-state index contributed by atoms with van der Waals surface area (Å²) < 4.78 is 0. The van der Waals surface area contributed by atoms with Crippen LogP contribution in [0, 0.1) is 13.3 Å². The summed E-state index contributed by atoms with van der Waals surface area (Å²) in [5.41, 5.74) is 3.13. The van der Waals surface area contributed by atoms with Crippen molar-refractivity contribution in [3.63, 3.8) is 0 Å². The van der Waals surface area contributed by atoms with Crippen LogP contribution >= 0.6 is 0 Å². The molecule has 1 nitrogen and oxygen atoms in total. The first-order chi connectivity index (χ1) is 6.36. The SMILES string of the molecule is C[CH]c1cc(C)c(O)c(C(C)(C)C)c1. The number of rotatable bonds is 1. The molecule has 1 radical (unpaired) electrons. The van der Waals surface area contributed by atoms with Gasteiger partial charge in [-0.15, -0.1) is 0 Å². The van der Waals surface area contributed by atoms with E-state index in [0.29, 0.717) is 5.75 Å². The predicted octanol–water partition coefficient (Wildman–Crippen LogP) is 3.57. The van der Waals surface area contributed by atoms with Gasteiger partial charge in [0.1, 0.15) is 5.75 Å². The van der Waals surface area contributed by atoms with Crippen LogP contribution < -0.4 is 0 Å². The van der Waals surface area contributed by atoms with E-state index in [1.54, 1.807) is 0 Å². The molecule has 1 aromatic rings. The van der Waals surface area contributed by atoms with Crippen molar-refractivity contribution in [2.24, 2.45) is 0 Å². The summed E-state index contributed by atoms with van der Waals surface area (Å²) in [6.07, 6.45) is 2.06. The third-order valence-electron chi connectivity index (χ3n) is 2.46. The van der Waals surface area contributed by atoms with E-state index in [0.717, 1.165) is 11.1 Å². The maximum atomic E-state index is 9.94. The Bertz CT molecular complexity index is 332. The molecule has 0 unspecified atom stereocenters. The first kappa shape index (κ1) is 11.1. The van der Waals surface area contributed by atoms with Crippen molar-refractivity contribution in [2.75, 3.05) is 0 Å². The maximum Gasteiger partial charge on any atom is 0.122 e. The number of aryl methyl sites for hydroxylation is 1. The summed E-state index contributed by atoms with van der Waals surface area (Å²) in [6.45, 7) is 10.3. The number of hydrogen-bond donors (Lipinski definition) is 1. The molecule has 0 aliphatic rings. The van der Waals surface area contributed by atoms with Crippen molar-refractivity contribution in [3.05, 3.63) is 35.2 Å². The molecule has 0 spiro atoms. The largest absolute Gasteiger partial charge is 0.507 e. The van der Waals surface area contributed by atoms with Gasteiger partial charge in [-0.25, -0.2) is 0 Å². The summed E-state index contributed by atoms with van der Waals surface area (Å²) >= 11 is 0. The van der Waals surface area contributed by atoms with Gasteiger partial charge in [-0.2, -0.15) is 0 Å². The van der Waals surface area contributed by atoms with E-state index in [1.807, 2.05) is 19.9 Å². The average molecular weight is 191 g/mol. The van der Waals surface area contributed by atoms with Gasteiger partial charge in [0.05, 0.1) is 0 Å². The lowest BCUT2D eigenvalue weighted by atomic mass is 9.84. The van der Waals surface area contributed by atoms with Gasteiger partial charge in [0.2, 0.25) is 0 Å². The first-order valence-corrected chi connectivity index (χ1v) is 4.99. The third-order valence-corrected chi connectivity index (χ3v) is 2.46. The monoisotopic (exact) mass is 191 g/mol. The topological polar surface area (TPSA) is 20.2 Å². The standard InChI is InChI=1S/C13H19O/c1-6-10-7-9(2)12(14)11(8-10)13(3,4)5/h6-8,14H,1-5H3. The van der Waals surface area contributed by atoms with Crippen LogP contribution in [0.4, 0.5) is 0 Å². The lowest BCUT2D eigenvalue weighted by molar-refractivity contribution is 0.442. The smallest absolute Gasteiger partial charge is 0.122 e. The molecule has 0 atom stereocenters. The molecule has 14 heavy (non-hydrogen) atoms. The fraction of sp³-hybridized carbons (Fsp3) is 0.462. The summed E-state index contributed by atoms with van der Waals surface area (Å²) in [5, 5.41) is 9.94. The van der Waals surface area contributed by atoms with Crippen LogP contribution in [0.2, 0.25) is 0 Å². The van der Waals surface area contributed by atoms with Gasteiger partial charge in [0.15, 0.2) is 0 Å². The molecule has 0 bridgehead atoms. The van der Waals surface area contributed by atoms with Crippen LogP contribution in [0.1, 0.15) is 44.4 Å². The zero-order chi connectivity index (χ0) is 10.9. The first-order valence-electron chi connectivity index (χ1n) is 4.99. The third kappa shape index (κ3) is 2.09. The highest BCUT2D eigenvalue weighted by Crippen LogP contribution is 2.34. The van der Waals surface area contributed by atoms with Crippen molar-refractivity contribution in [3.8, 4) is 5.75 Å². The molecule has 0 saturated heterocycles. The van der Waals surface area contributed by atoms with E-state index >= 15 is 0 Å². The number of hydrogen-bond acceptors (Lipinski definition) is 1. The minimum absolute atomic E-state index is 0.00609. The van der Waals surface area contributed by atoms with E-state index in [2.05, 4.69) is 33.3 Å². The lowest BCUT2D eigenvalue weighted by Crippen LogP contribution is -2.12. The van der Waals surface area contributed by atoms with E-state index < -0.39 is 0 Å². The fourth-order valence-corrected chi connectivity index (χ4v) is 1.55. The lowest BCUT2D eigenvalue weighted by Gasteiger charge is -2.22. The Morgan fingerprint density at radius 2 is 1.79 bits per heavy atom. The van der Waals surface area contributed by atoms with E-state index in [-0.39, 0.29) is 5.41 Å². The molecule has 1 heteroatoms. The Hall–Kier alpha value is -0.980. The van der Waals surface area contributed by atoms with Crippen LogP contribution in [0.5, 0.6) is 5.75 Å². The molecule has 0 amide bonds. The van der Waals surface area contributed by atoms with E-state index in [9.17, 15) is 5.11 Å². The van der Waals surface area contributed by atoms with Crippen molar-refractivity contribution in [1.29, 1.82) is 0 Å².